The molecule has 1 heterocycles. The summed E-state index contributed by atoms with van der Waals surface area (Å²) in [6, 6.07) is 7.50. The van der Waals surface area contributed by atoms with Gasteiger partial charge in [0.15, 0.2) is 0 Å². The lowest BCUT2D eigenvalue weighted by molar-refractivity contribution is 0.0276. The molecule has 5 heteroatoms. The number of benzene rings is 1. The molecule has 1 amide bonds. The fraction of sp³-hybridized carbons (Fsp3) is 0.562. The maximum atomic E-state index is 12.9. The predicted molar refractivity (Wildman–Crippen MR) is 84.9 cm³/mol. The molecule has 0 aromatic heterocycles. The van der Waals surface area contributed by atoms with Crippen LogP contribution in [0.15, 0.2) is 24.3 Å². The second-order valence-electron chi connectivity index (χ2n) is 5.63. The first-order valence-corrected chi connectivity index (χ1v) is 7.75. The Morgan fingerprint density at radius 1 is 1.24 bits per heavy atom. The number of carbonyl (C=O) groups is 1. The van der Waals surface area contributed by atoms with Crippen molar-refractivity contribution in [2.75, 3.05) is 40.4 Å². The number of amides is 1. The van der Waals surface area contributed by atoms with Gasteiger partial charge in [0.05, 0.1) is 10.6 Å². The van der Waals surface area contributed by atoms with Crippen LogP contribution < -0.4 is 0 Å². The summed E-state index contributed by atoms with van der Waals surface area (Å²) < 4.78 is 5.41. The summed E-state index contributed by atoms with van der Waals surface area (Å²) in [7, 11) is 4.03. The zero-order valence-corrected chi connectivity index (χ0v) is 13.5. The van der Waals surface area contributed by atoms with Crippen LogP contribution >= 0.6 is 11.6 Å². The van der Waals surface area contributed by atoms with E-state index >= 15 is 0 Å². The third kappa shape index (κ3) is 4.43. The highest BCUT2D eigenvalue weighted by molar-refractivity contribution is 6.33. The monoisotopic (exact) mass is 310 g/mol. The first-order chi connectivity index (χ1) is 10.1. The highest BCUT2D eigenvalue weighted by atomic mass is 35.5. The van der Waals surface area contributed by atoms with Crippen LogP contribution in [0.3, 0.4) is 0 Å². The maximum absolute atomic E-state index is 12.9. The molecule has 1 aromatic carbocycles. The third-order valence-corrected chi connectivity index (χ3v) is 4.11. The van der Waals surface area contributed by atoms with E-state index < -0.39 is 0 Å². The molecule has 0 radical (unpaired) electrons. The van der Waals surface area contributed by atoms with Crippen LogP contribution in [-0.4, -0.2) is 62.1 Å². The first kappa shape index (κ1) is 16.3. The molecule has 1 saturated heterocycles. The van der Waals surface area contributed by atoms with Gasteiger partial charge in [0, 0.05) is 32.3 Å². The van der Waals surface area contributed by atoms with E-state index in [0.29, 0.717) is 17.1 Å². The molecule has 0 N–H and O–H groups in total. The van der Waals surface area contributed by atoms with Gasteiger partial charge < -0.3 is 14.5 Å². The second-order valence-corrected chi connectivity index (χ2v) is 6.03. The Morgan fingerprint density at radius 3 is 2.52 bits per heavy atom. The van der Waals surface area contributed by atoms with Crippen LogP contribution in [0.5, 0.6) is 0 Å². The van der Waals surface area contributed by atoms with Gasteiger partial charge in [-0.2, -0.15) is 0 Å². The van der Waals surface area contributed by atoms with Crippen molar-refractivity contribution in [3.05, 3.63) is 34.9 Å². The van der Waals surface area contributed by atoms with Crippen molar-refractivity contribution in [1.82, 2.24) is 9.80 Å². The zero-order valence-electron chi connectivity index (χ0n) is 12.7. The van der Waals surface area contributed by atoms with Crippen LogP contribution in [-0.2, 0) is 4.74 Å². The number of hydrogen-bond acceptors (Lipinski definition) is 3. The lowest BCUT2D eigenvalue weighted by Crippen LogP contribution is -2.46. The summed E-state index contributed by atoms with van der Waals surface area (Å²) in [5.41, 5.74) is 0.587. The topological polar surface area (TPSA) is 32.8 Å². The SMILES string of the molecule is CN(C)CCN(C(=O)c1ccccc1Cl)C1CCOCC1. The predicted octanol–water partition coefficient (Wildman–Crippen LogP) is 2.52. The number of carbonyl (C=O) groups excluding carboxylic acids is 1. The standard InChI is InChI=1S/C16H23ClN2O2/c1-18(2)9-10-19(13-7-11-21-12-8-13)16(20)14-5-3-4-6-15(14)17/h3-6,13H,7-12H2,1-2H3. The number of halogens is 1. The van der Waals surface area contributed by atoms with Crippen LogP contribution in [0, 0.1) is 0 Å². The van der Waals surface area contributed by atoms with Gasteiger partial charge in [-0.1, -0.05) is 23.7 Å². The van der Waals surface area contributed by atoms with Gasteiger partial charge in [-0.3, -0.25) is 4.79 Å². The Kier molecular flexibility index (Phi) is 6.03. The van der Waals surface area contributed by atoms with Crippen LogP contribution in [0.4, 0.5) is 0 Å². The summed E-state index contributed by atoms with van der Waals surface area (Å²) in [6.07, 6.45) is 1.78. The fourth-order valence-electron chi connectivity index (χ4n) is 2.54. The summed E-state index contributed by atoms with van der Waals surface area (Å²) in [5.74, 6) is 0.0225. The van der Waals surface area contributed by atoms with Gasteiger partial charge in [0.2, 0.25) is 0 Å². The third-order valence-electron chi connectivity index (χ3n) is 3.78. The number of likely N-dealkylation sites (N-methyl/N-ethyl adjacent to an activating group) is 1. The minimum atomic E-state index is 0.0225. The van der Waals surface area contributed by atoms with Gasteiger partial charge in [-0.05, 0) is 39.1 Å². The van der Waals surface area contributed by atoms with Gasteiger partial charge in [0.1, 0.15) is 0 Å². The summed E-state index contributed by atoms with van der Waals surface area (Å²) in [5, 5.41) is 0.518. The van der Waals surface area contributed by atoms with E-state index in [1.54, 1.807) is 12.1 Å². The Morgan fingerprint density at radius 2 is 1.90 bits per heavy atom. The molecule has 0 atom stereocenters. The quantitative estimate of drug-likeness (QED) is 0.838. The average molecular weight is 311 g/mol. The molecule has 21 heavy (non-hydrogen) atoms. The fourth-order valence-corrected chi connectivity index (χ4v) is 2.76. The van der Waals surface area contributed by atoms with Gasteiger partial charge in [0.25, 0.3) is 5.91 Å². The molecule has 0 unspecified atom stereocenters. The van der Waals surface area contributed by atoms with Crippen molar-refractivity contribution in [1.29, 1.82) is 0 Å². The van der Waals surface area contributed by atoms with Crippen molar-refractivity contribution < 1.29 is 9.53 Å². The van der Waals surface area contributed by atoms with Crippen LogP contribution in [0.2, 0.25) is 5.02 Å². The average Bonchev–Trinajstić information content (AvgIpc) is 2.48. The molecule has 0 saturated carbocycles. The molecule has 4 nitrogen and oxygen atoms in total. The van der Waals surface area contributed by atoms with E-state index in [9.17, 15) is 4.79 Å². The van der Waals surface area contributed by atoms with Gasteiger partial charge in [-0.15, -0.1) is 0 Å². The van der Waals surface area contributed by atoms with Gasteiger partial charge in [-0.25, -0.2) is 0 Å². The van der Waals surface area contributed by atoms with Crippen molar-refractivity contribution in [2.24, 2.45) is 0 Å². The van der Waals surface area contributed by atoms with E-state index in [2.05, 4.69) is 4.90 Å². The lowest BCUT2D eigenvalue weighted by atomic mass is 10.1. The molecule has 1 fully saturated rings. The summed E-state index contributed by atoms with van der Waals surface area (Å²) in [4.78, 5) is 16.9. The van der Waals surface area contributed by atoms with E-state index in [1.807, 2.05) is 31.1 Å². The lowest BCUT2D eigenvalue weighted by Gasteiger charge is -2.35. The number of rotatable bonds is 5. The summed E-state index contributed by atoms with van der Waals surface area (Å²) in [6.45, 7) is 2.99. The minimum Gasteiger partial charge on any atom is -0.381 e. The summed E-state index contributed by atoms with van der Waals surface area (Å²) >= 11 is 6.18. The van der Waals surface area contributed by atoms with Crippen LogP contribution in [0.25, 0.3) is 0 Å². The Hall–Kier alpha value is -1.10. The molecule has 1 aliphatic heterocycles. The molecule has 2 rings (SSSR count). The second kappa shape index (κ2) is 7.78. The van der Waals surface area contributed by atoms with E-state index in [4.69, 9.17) is 16.3 Å². The van der Waals surface area contributed by atoms with Crippen molar-refractivity contribution in [3.8, 4) is 0 Å². The normalized spacial score (nSPS) is 16.2. The van der Waals surface area contributed by atoms with Crippen molar-refractivity contribution in [2.45, 2.75) is 18.9 Å². The highest BCUT2D eigenvalue weighted by Gasteiger charge is 2.27. The van der Waals surface area contributed by atoms with Crippen molar-refractivity contribution in [3.63, 3.8) is 0 Å². The molecule has 0 aliphatic carbocycles. The van der Waals surface area contributed by atoms with E-state index in [-0.39, 0.29) is 11.9 Å². The Bertz CT molecular complexity index is 473. The number of nitrogens with zero attached hydrogens (tertiary/aromatic N) is 2. The number of hydrogen-bond donors (Lipinski definition) is 0. The molecule has 1 aliphatic rings. The highest BCUT2D eigenvalue weighted by Crippen LogP contribution is 2.21. The molecular formula is C16H23ClN2O2. The minimum absolute atomic E-state index is 0.0225. The van der Waals surface area contributed by atoms with Gasteiger partial charge >= 0.3 is 0 Å². The molecule has 0 bridgehead atoms. The Labute approximate surface area is 131 Å². The number of ether oxygens (including phenoxy) is 1. The molecule has 0 spiro atoms. The van der Waals surface area contributed by atoms with Crippen LogP contribution in [0.1, 0.15) is 23.2 Å². The maximum Gasteiger partial charge on any atom is 0.255 e. The first-order valence-electron chi connectivity index (χ1n) is 7.37. The van der Waals surface area contributed by atoms with E-state index in [0.717, 1.165) is 32.6 Å². The van der Waals surface area contributed by atoms with Crippen molar-refractivity contribution >= 4 is 17.5 Å². The smallest absolute Gasteiger partial charge is 0.255 e. The molecule has 1 aromatic rings. The molecule has 116 valence electrons. The largest absolute Gasteiger partial charge is 0.381 e. The zero-order chi connectivity index (χ0) is 15.2. The van der Waals surface area contributed by atoms with E-state index in [1.165, 1.54) is 0 Å². The Balaban J connectivity index is 2.17. The molecular weight excluding hydrogens is 288 g/mol.